The first kappa shape index (κ1) is 12.6. The van der Waals surface area contributed by atoms with Crippen LogP contribution in [0.5, 0.6) is 0 Å². The van der Waals surface area contributed by atoms with E-state index in [1.807, 2.05) is 0 Å². The third kappa shape index (κ3) is 1.78. The molecule has 104 valence electrons. The lowest BCUT2D eigenvalue weighted by molar-refractivity contribution is -0.122. The van der Waals surface area contributed by atoms with E-state index >= 15 is 0 Å². The summed E-state index contributed by atoms with van der Waals surface area (Å²) in [5.41, 5.74) is 0.360. The van der Waals surface area contributed by atoms with Crippen molar-refractivity contribution >= 4 is 15.9 Å². The standard InChI is InChI=1S/C11H15N3O4S/c1-6-10(7(2)18-13-6)19(16,17)14-4-8-3-12-11(15)9(8)5-14/h8-9H,3-5H2,1-2H3,(H,12,15)/t8-,9+/m0/s1. The van der Waals surface area contributed by atoms with Crippen molar-refractivity contribution in [1.29, 1.82) is 0 Å². The maximum Gasteiger partial charge on any atom is 0.248 e. The molecule has 3 rings (SSSR count). The van der Waals surface area contributed by atoms with Crippen LogP contribution in [0.3, 0.4) is 0 Å². The Hall–Kier alpha value is -1.41. The lowest BCUT2D eigenvalue weighted by Crippen LogP contribution is -2.33. The van der Waals surface area contributed by atoms with Crippen LogP contribution in [0, 0.1) is 25.7 Å². The van der Waals surface area contributed by atoms with Crippen LogP contribution in [0.4, 0.5) is 0 Å². The monoisotopic (exact) mass is 285 g/mol. The van der Waals surface area contributed by atoms with Gasteiger partial charge in [-0.05, 0) is 13.8 Å². The Morgan fingerprint density at radius 2 is 2.11 bits per heavy atom. The lowest BCUT2D eigenvalue weighted by atomic mass is 10.0. The molecule has 1 amide bonds. The predicted octanol–water partition coefficient (Wildman–Crippen LogP) is -0.342. The van der Waals surface area contributed by atoms with Crippen molar-refractivity contribution in [3.63, 3.8) is 0 Å². The topological polar surface area (TPSA) is 92.5 Å². The van der Waals surface area contributed by atoms with Gasteiger partial charge in [0, 0.05) is 25.6 Å². The second-order valence-corrected chi connectivity index (χ2v) is 6.96. The number of rotatable bonds is 2. The molecule has 19 heavy (non-hydrogen) atoms. The zero-order valence-corrected chi connectivity index (χ0v) is 11.5. The summed E-state index contributed by atoms with van der Waals surface area (Å²) in [5.74, 6) is 0.0819. The molecule has 2 fully saturated rings. The number of fused-ring (bicyclic) bond motifs is 1. The fraction of sp³-hybridized carbons (Fsp3) is 0.636. The summed E-state index contributed by atoms with van der Waals surface area (Å²) in [6, 6.07) is 0. The number of sulfonamides is 1. The van der Waals surface area contributed by atoms with Gasteiger partial charge in [-0.15, -0.1) is 0 Å². The summed E-state index contributed by atoms with van der Waals surface area (Å²) in [6.07, 6.45) is 0. The Morgan fingerprint density at radius 3 is 2.68 bits per heavy atom. The van der Waals surface area contributed by atoms with Gasteiger partial charge in [0.1, 0.15) is 10.6 Å². The van der Waals surface area contributed by atoms with E-state index in [1.165, 1.54) is 4.31 Å². The highest BCUT2D eigenvalue weighted by Crippen LogP contribution is 2.33. The molecule has 0 saturated carbocycles. The van der Waals surface area contributed by atoms with E-state index in [0.29, 0.717) is 24.5 Å². The maximum absolute atomic E-state index is 12.6. The van der Waals surface area contributed by atoms with Crippen molar-refractivity contribution in [3.05, 3.63) is 11.5 Å². The second kappa shape index (κ2) is 4.04. The Kier molecular flexibility index (Phi) is 2.68. The van der Waals surface area contributed by atoms with Crippen molar-refractivity contribution in [2.24, 2.45) is 11.8 Å². The van der Waals surface area contributed by atoms with Crippen molar-refractivity contribution in [2.45, 2.75) is 18.7 Å². The molecule has 3 heterocycles. The summed E-state index contributed by atoms with van der Waals surface area (Å²) >= 11 is 0. The third-order valence-corrected chi connectivity index (χ3v) is 5.93. The number of hydrogen-bond acceptors (Lipinski definition) is 5. The number of nitrogens with one attached hydrogen (secondary N) is 1. The van der Waals surface area contributed by atoms with Gasteiger partial charge in [0.2, 0.25) is 15.9 Å². The molecule has 2 atom stereocenters. The van der Waals surface area contributed by atoms with E-state index < -0.39 is 10.0 Å². The molecule has 7 nitrogen and oxygen atoms in total. The molecule has 0 unspecified atom stereocenters. The van der Waals surface area contributed by atoms with Crippen LogP contribution in [0.1, 0.15) is 11.5 Å². The van der Waals surface area contributed by atoms with E-state index in [4.69, 9.17) is 4.52 Å². The van der Waals surface area contributed by atoms with Crippen LogP contribution in [0.2, 0.25) is 0 Å². The number of aromatic nitrogens is 1. The highest BCUT2D eigenvalue weighted by molar-refractivity contribution is 7.89. The molecule has 0 radical (unpaired) electrons. The zero-order valence-electron chi connectivity index (χ0n) is 10.7. The van der Waals surface area contributed by atoms with Gasteiger partial charge in [0.25, 0.3) is 0 Å². The van der Waals surface area contributed by atoms with E-state index in [9.17, 15) is 13.2 Å². The van der Waals surface area contributed by atoms with Crippen LogP contribution in [0.25, 0.3) is 0 Å². The molecule has 2 saturated heterocycles. The molecule has 8 heteroatoms. The number of amides is 1. The highest BCUT2D eigenvalue weighted by Gasteiger charge is 2.47. The van der Waals surface area contributed by atoms with Gasteiger partial charge in [-0.25, -0.2) is 8.42 Å². The molecule has 2 aliphatic rings. The minimum absolute atomic E-state index is 0.0542. The van der Waals surface area contributed by atoms with E-state index in [1.54, 1.807) is 13.8 Å². The van der Waals surface area contributed by atoms with Crippen LogP contribution >= 0.6 is 0 Å². The molecule has 0 aliphatic carbocycles. The summed E-state index contributed by atoms with van der Waals surface area (Å²) in [5, 5.41) is 6.44. The largest absolute Gasteiger partial charge is 0.360 e. The number of aryl methyl sites for hydroxylation is 2. The van der Waals surface area contributed by atoms with Crippen LogP contribution in [-0.4, -0.2) is 43.4 Å². The van der Waals surface area contributed by atoms with Crippen molar-refractivity contribution in [1.82, 2.24) is 14.8 Å². The van der Waals surface area contributed by atoms with Gasteiger partial charge in [-0.3, -0.25) is 4.79 Å². The van der Waals surface area contributed by atoms with Crippen molar-refractivity contribution in [3.8, 4) is 0 Å². The molecule has 1 aromatic heterocycles. The van der Waals surface area contributed by atoms with Crippen LogP contribution in [0.15, 0.2) is 9.42 Å². The maximum atomic E-state index is 12.6. The molecule has 2 aliphatic heterocycles. The molecule has 0 bridgehead atoms. The van der Waals surface area contributed by atoms with Crippen LogP contribution < -0.4 is 5.32 Å². The fourth-order valence-corrected chi connectivity index (χ4v) is 4.68. The lowest BCUT2D eigenvalue weighted by Gasteiger charge is -2.16. The van der Waals surface area contributed by atoms with Gasteiger partial charge in [-0.1, -0.05) is 5.16 Å². The fourth-order valence-electron chi connectivity index (χ4n) is 2.87. The summed E-state index contributed by atoms with van der Waals surface area (Å²) < 4.78 is 31.4. The van der Waals surface area contributed by atoms with Gasteiger partial charge in [-0.2, -0.15) is 4.31 Å². The minimum atomic E-state index is -3.63. The Labute approximate surface area is 111 Å². The Bertz CT molecular complexity index is 617. The number of hydrogen-bond donors (Lipinski definition) is 1. The van der Waals surface area contributed by atoms with Gasteiger partial charge >= 0.3 is 0 Å². The van der Waals surface area contributed by atoms with E-state index in [0.717, 1.165) is 0 Å². The van der Waals surface area contributed by atoms with Gasteiger partial charge in [0.15, 0.2) is 5.76 Å². The van der Waals surface area contributed by atoms with Crippen LogP contribution in [-0.2, 0) is 14.8 Å². The quantitative estimate of drug-likeness (QED) is 0.802. The van der Waals surface area contributed by atoms with Crippen molar-refractivity contribution < 1.29 is 17.7 Å². The molecule has 0 spiro atoms. The number of carbonyl (C=O) groups excluding carboxylic acids is 1. The first-order valence-corrected chi connectivity index (χ1v) is 7.56. The predicted molar refractivity (Wildman–Crippen MR) is 64.7 cm³/mol. The summed E-state index contributed by atoms with van der Waals surface area (Å²) in [6.45, 7) is 4.35. The third-order valence-electron chi connectivity index (χ3n) is 3.85. The van der Waals surface area contributed by atoms with Crippen molar-refractivity contribution in [2.75, 3.05) is 19.6 Å². The van der Waals surface area contributed by atoms with E-state index in [-0.39, 0.29) is 29.2 Å². The normalized spacial score (nSPS) is 27.6. The SMILES string of the molecule is Cc1noc(C)c1S(=O)(=O)N1C[C@@H]2CNC(=O)[C@@H]2C1. The zero-order chi connectivity index (χ0) is 13.8. The number of carbonyl (C=O) groups is 1. The smallest absolute Gasteiger partial charge is 0.248 e. The molecule has 1 N–H and O–H groups in total. The van der Waals surface area contributed by atoms with E-state index in [2.05, 4.69) is 10.5 Å². The average Bonchev–Trinajstić information content (AvgIpc) is 2.97. The highest BCUT2D eigenvalue weighted by atomic mass is 32.2. The average molecular weight is 285 g/mol. The molecule has 0 aromatic carbocycles. The molecular formula is C11H15N3O4S. The van der Waals surface area contributed by atoms with Gasteiger partial charge < -0.3 is 9.84 Å². The molecule has 1 aromatic rings. The van der Waals surface area contributed by atoms with Gasteiger partial charge in [0.05, 0.1) is 5.92 Å². The minimum Gasteiger partial charge on any atom is -0.360 e. The molecular weight excluding hydrogens is 270 g/mol. The summed E-state index contributed by atoms with van der Waals surface area (Å²) in [7, 11) is -3.63. The summed E-state index contributed by atoms with van der Waals surface area (Å²) in [4.78, 5) is 11.7. The Morgan fingerprint density at radius 1 is 1.37 bits per heavy atom. The number of nitrogens with zero attached hydrogens (tertiary/aromatic N) is 2. The first-order chi connectivity index (χ1) is 8.91. The second-order valence-electron chi connectivity index (χ2n) is 5.09. The Balaban J connectivity index is 1.93. The first-order valence-electron chi connectivity index (χ1n) is 6.12.